The van der Waals surface area contributed by atoms with Crippen LogP contribution in [0.1, 0.15) is 28.2 Å². The molecule has 3 aromatic carbocycles. The summed E-state index contributed by atoms with van der Waals surface area (Å²) < 4.78 is 64.8. The third-order valence-electron chi connectivity index (χ3n) is 10.1. The summed E-state index contributed by atoms with van der Waals surface area (Å²) in [6, 6.07) is 21.4. The van der Waals surface area contributed by atoms with Crippen LogP contribution in [0.3, 0.4) is 0 Å². The molecule has 7 rings (SSSR count). The van der Waals surface area contributed by atoms with Gasteiger partial charge in [0.25, 0.3) is 5.91 Å². The minimum Gasteiger partial charge on any atom is -0.493 e. The Hall–Kier alpha value is -7.26. The van der Waals surface area contributed by atoms with Gasteiger partial charge in [0.2, 0.25) is 11.8 Å². The normalized spacial score (nSPS) is 12.7. The number of fused-ring (bicyclic) bond motifs is 1. The van der Waals surface area contributed by atoms with Crippen LogP contribution in [0.4, 0.5) is 30.2 Å². The molecular weight excluding hydrogens is 936 g/mol. The fourth-order valence-electron chi connectivity index (χ4n) is 6.82. The molecule has 69 heavy (non-hydrogen) atoms. The van der Waals surface area contributed by atoms with Gasteiger partial charge in [-0.15, -0.1) is 11.3 Å². The number of nitrogens with zero attached hydrogens (tertiary/aromatic N) is 4. The van der Waals surface area contributed by atoms with Gasteiger partial charge in [0.15, 0.2) is 18.1 Å². The van der Waals surface area contributed by atoms with Crippen molar-refractivity contribution in [2.75, 3.05) is 63.9 Å². The molecule has 0 unspecified atom stereocenters. The Labute approximate surface area is 404 Å². The summed E-state index contributed by atoms with van der Waals surface area (Å²) in [6.07, 6.45) is 9.74. The number of aromatic nitrogens is 3. The molecule has 3 amide bonds. The second-order valence-corrected chi connectivity index (χ2v) is 16.3. The number of rotatable bonds is 24. The van der Waals surface area contributed by atoms with Crippen molar-refractivity contribution in [3.63, 3.8) is 0 Å². The van der Waals surface area contributed by atoms with Crippen LogP contribution in [0.15, 0.2) is 119 Å². The number of thiophene rings is 1. The molecule has 15 nitrogen and oxygen atoms in total. The van der Waals surface area contributed by atoms with E-state index in [1.807, 2.05) is 23.6 Å². The minimum atomic E-state index is -2.78. The molecule has 0 atom stereocenters. The Morgan fingerprint density at radius 2 is 1.67 bits per heavy atom. The van der Waals surface area contributed by atoms with Crippen LogP contribution in [-0.2, 0) is 30.3 Å². The van der Waals surface area contributed by atoms with E-state index in [-0.39, 0.29) is 75.8 Å². The monoisotopic (exact) mass is 980 g/mol. The predicted molar refractivity (Wildman–Crippen MR) is 262 cm³/mol. The number of nitrogens with one attached hydrogen (secondary N) is 4. The quantitative estimate of drug-likeness (QED) is 0.0263. The van der Waals surface area contributed by atoms with E-state index in [2.05, 4.69) is 36.2 Å². The van der Waals surface area contributed by atoms with Crippen molar-refractivity contribution in [3.05, 3.63) is 147 Å². The van der Waals surface area contributed by atoms with Crippen molar-refractivity contribution in [1.82, 2.24) is 25.1 Å². The maximum absolute atomic E-state index is 14.0. The number of benzene rings is 3. The standard InChI is InChI=1S/C48H45BClF3N8O7S/c1-65-43-25-31(5-16-46(63)59-33-7-13-40-37(27-33)48(57-30-56-40)60-34-6-12-39(51)38(50)28-34)4-15-42(43)68-29-47(64)55-19-21-67-23-22-66-20-18-54-45(62)17-11-35-9-10-36(61(35)49(52)53)26-32-8-14-41(58-32)44-3-2-24-69-44/h2-10,12-16,24-28,30H,11,17-23,29H2,1H3,(H,54,62)(H,55,64)(H,59,63)(H,56,57,60)/b16-5+,32-26-. The van der Waals surface area contributed by atoms with Crippen molar-refractivity contribution in [1.29, 1.82) is 0 Å². The smallest absolute Gasteiger partial charge is 0.493 e. The van der Waals surface area contributed by atoms with Crippen LogP contribution in [0.2, 0.25) is 5.02 Å². The Balaban J connectivity index is 0.744. The molecule has 4 N–H and O–H groups in total. The number of aryl methyl sites for hydroxylation is 1. The van der Waals surface area contributed by atoms with E-state index in [9.17, 15) is 27.4 Å². The van der Waals surface area contributed by atoms with Gasteiger partial charge in [0.1, 0.15) is 18.0 Å². The number of methoxy groups -OCH3 is 1. The summed E-state index contributed by atoms with van der Waals surface area (Å²) >= 11 is 7.48. The Kier molecular flexibility index (Phi) is 17.8. The minimum absolute atomic E-state index is 0.0278. The number of allylic oxidation sites excluding steroid dienone is 2. The van der Waals surface area contributed by atoms with E-state index in [0.29, 0.717) is 62.2 Å². The van der Waals surface area contributed by atoms with Gasteiger partial charge in [-0.05, 0) is 108 Å². The summed E-state index contributed by atoms with van der Waals surface area (Å²) in [6.45, 7) is 1.16. The first-order chi connectivity index (χ1) is 33.5. The van der Waals surface area contributed by atoms with Gasteiger partial charge in [-0.25, -0.2) is 19.4 Å². The second kappa shape index (κ2) is 24.7. The Morgan fingerprint density at radius 1 is 0.870 bits per heavy atom. The molecule has 1 aliphatic rings. The van der Waals surface area contributed by atoms with E-state index in [4.69, 9.17) is 30.5 Å². The fraction of sp³-hybridized carbons (Fsp3) is 0.208. The lowest BCUT2D eigenvalue weighted by Crippen LogP contribution is -2.32. The van der Waals surface area contributed by atoms with E-state index >= 15 is 0 Å². The highest BCUT2D eigenvalue weighted by atomic mass is 35.5. The lowest BCUT2D eigenvalue weighted by atomic mass is 10.1. The molecule has 6 aromatic rings. The molecule has 0 aliphatic carbocycles. The lowest BCUT2D eigenvalue weighted by molar-refractivity contribution is -0.123. The molecule has 0 saturated carbocycles. The SMILES string of the molecule is COc1cc(/C=C/C(=O)Nc2ccc3ncnc(Nc4ccc(F)c(Cl)c4)c3c2)ccc1OCC(=O)NCCOCCOCCNC(=O)CCc1ccc(/C=C2/C=CC(c3cccs3)=N2)n1B(F)F. The van der Waals surface area contributed by atoms with Crippen LogP contribution in [-0.4, -0.2) is 98.5 Å². The van der Waals surface area contributed by atoms with Crippen molar-refractivity contribution in [2.24, 2.45) is 4.99 Å². The van der Waals surface area contributed by atoms with Crippen LogP contribution in [0.5, 0.6) is 11.5 Å². The van der Waals surface area contributed by atoms with Crippen molar-refractivity contribution in [3.8, 4) is 11.5 Å². The number of ether oxygens (including phenoxy) is 4. The number of halogens is 4. The molecule has 0 bridgehead atoms. The molecular formula is C48H45BClF3N8O7S. The summed E-state index contributed by atoms with van der Waals surface area (Å²) in [5.41, 5.74) is 4.27. The van der Waals surface area contributed by atoms with Crippen molar-refractivity contribution >= 4 is 94.0 Å². The molecule has 0 radical (unpaired) electrons. The first-order valence-electron chi connectivity index (χ1n) is 21.5. The largest absolute Gasteiger partial charge is 0.677 e. The zero-order chi connectivity index (χ0) is 48.5. The third kappa shape index (κ3) is 14.4. The summed E-state index contributed by atoms with van der Waals surface area (Å²) in [5, 5.41) is 13.9. The average Bonchev–Trinajstić information content (AvgIpc) is 4.14. The van der Waals surface area contributed by atoms with Crippen LogP contribution in [0.25, 0.3) is 23.1 Å². The highest BCUT2D eigenvalue weighted by Crippen LogP contribution is 2.30. The number of hydrogen-bond donors (Lipinski definition) is 4. The zero-order valence-corrected chi connectivity index (χ0v) is 38.6. The number of carbonyl (C=O) groups is 3. The van der Waals surface area contributed by atoms with E-state index in [0.717, 1.165) is 15.1 Å². The van der Waals surface area contributed by atoms with E-state index in [1.54, 1.807) is 78.1 Å². The van der Waals surface area contributed by atoms with Gasteiger partial charge in [-0.2, -0.15) is 0 Å². The van der Waals surface area contributed by atoms with Crippen LogP contribution < -0.4 is 30.7 Å². The number of hydrogen-bond acceptors (Lipinski definition) is 12. The maximum atomic E-state index is 14.0. The fourth-order valence-corrected chi connectivity index (χ4v) is 7.69. The van der Waals surface area contributed by atoms with Gasteiger partial charge in [0, 0.05) is 53.7 Å². The first-order valence-corrected chi connectivity index (χ1v) is 22.7. The number of aliphatic imine (C=N–C) groups is 1. The molecule has 3 aromatic heterocycles. The highest BCUT2D eigenvalue weighted by Gasteiger charge is 2.24. The molecule has 1 aliphatic heterocycles. The third-order valence-corrected chi connectivity index (χ3v) is 11.3. The molecule has 356 valence electrons. The Morgan fingerprint density at radius 3 is 2.42 bits per heavy atom. The van der Waals surface area contributed by atoms with E-state index in [1.165, 1.54) is 37.7 Å². The molecule has 0 fully saturated rings. The Bertz CT molecular complexity index is 2900. The number of carbonyl (C=O) groups excluding carboxylic acids is 3. The van der Waals surface area contributed by atoms with E-state index < -0.39 is 19.1 Å². The number of amides is 3. The topological polar surface area (TPSA) is 179 Å². The number of anilines is 3. The maximum Gasteiger partial charge on any atom is 0.677 e. The average molecular weight is 981 g/mol. The van der Waals surface area contributed by atoms with Crippen molar-refractivity contribution < 1.29 is 46.4 Å². The molecule has 0 spiro atoms. The molecule has 0 saturated heterocycles. The molecule has 4 heterocycles. The van der Waals surface area contributed by atoms with Gasteiger partial charge in [-0.3, -0.25) is 23.0 Å². The zero-order valence-electron chi connectivity index (χ0n) is 37.1. The van der Waals surface area contributed by atoms with Crippen molar-refractivity contribution in [2.45, 2.75) is 12.8 Å². The second-order valence-electron chi connectivity index (χ2n) is 14.9. The summed E-state index contributed by atoms with van der Waals surface area (Å²) in [7, 11) is -1.32. The lowest BCUT2D eigenvalue weighted by Gasteiger charge is -2.12. The van der Waals surface area contributed by atoms with Gasteiger partial charge < -0.3 is 44.7 Å². The van der Waals surface area contributed by atoms with Gasteiger partial charge in [0.05, 0.1) is 60.4 Å². The van der Waals surface area contributed by atoms with Gasteiger partial charge in [-0.1, -0.05) is 23.7 Å². The molecule has 21 heteroatoms. The summed E-state index contributed by atoms with van der Waals surface area (Å²) in [5.74, 6) is -0.499. The predicted octanol–water partition coefficient (Wildman–Crippen LogP) is 8.14. The summed E-state index contributed by atoms with van der Waals surface area (Å²) in [4.78, 5) is 51.8. The van der Waals surface area contributed by atoms with Gasteiger partial charge >= 0.3 is 7.40 Å². The van der Waals surface area contributed by atoms with Crippen LogP contribution in [0, 0.1) is 5.82 Å². The highest BCUT2D eigenvalue weighted by molar-refractivity contribution is 7.12. The first kappa shape index (κ1) is 49.6. The van der Waals surface area contributed by atoms with Crippen LogP contribution >= 0.6 is 22.9 Å².